The fraction of sp³-hybridized carbons (Fsp3) is 0.200. The molecule has 0 N–H and O–H groups in total. The Kier molecular flexibility index (Phi) is 5.14. The molecule has 0 bridgehead atoms. The van der Waals surface area contributed by atoms with E-state index < -0.39 is 5.97 Å². The van der Waals surface area contributed by atoms with Crippen LogP contribution in [0.4, 0.5) is 0 Å². The van der Waals surface area contributed by atoms with E-state index in [1.807, 2.05) is 61.5 Å². The minimum atomic E-state index is -0.498. The Hall–Kier alpha value is -3.08. The summed E-state index contributed by atoms with van der Waals surface area (Å²) in [7, 11) is 0. The van der Waals surface area contributed by atoms with Gasteiger partial charge in [0.2, 0.25) is 0 Å². The summed E-state index contributed by atoms with van der Waals surface area (Å²) < 4.78 is 16.2. The molecule has 0 aliphatic carbocycles. The summed E-state index contributed by atoms with van der Waals surface area (Å²) in [6.07, 6.45) is -0.0822. The lowest BCUT2D eigenvalue weighted by Crippen LogP contribution is -2.04. The van der Waals surface area contributed by atoms with Crippen LogP contribution in [-0.2, 0) is 4.74 Å². The molecule has 3 aromatic rings. The zero-order valence-corrected chi connectivity index (χ0v) is 14.1. The van der Waals surface area contributed by atoms with Crippen LogP contribution in [0.2, 0.25) is 0 Å². The summed E-state index contributed by atoms with van der Waals surface area (Å²) in [6.45, 7) is 4.03. The predicted octanol–water partition coefficient (Wildman–Crippen LogP) is 4.66. The third-order valence-electron chi connectivity index (χ3n) is 3.70. The number of nitrogens with zero attached hydrogens (tertiary/aromatic N) is 1. The van der Waals surface area contributed by atoms with Crippen molar-refractivity contribution >= 4 is 5.97 Å². The minimum Gasteiger partial charge on any atom is -0.486 e. The first kappa shape index (κ1) is 16.8. The summed E-state index contributed by atoms with van der Waals surface area (Å²) in [4.78, 5) is 11.7. The van der Waals surface area contributed by atoms with Crippen LogP contribution in [-0.4, -0.2) is 17.7 Å². The molecule has 1 unspecified atom stereocenters. The average molecular weight is 337 g/mol. The van der Waals surface area contributed by atoms with E-state index in [-0.39, 0.29) is 11.8 Å². The van der Waals surface area contributed by atoms with E-state index >= 15 is 0 Å². The highest BCUT2D eigenvalue weighted by molar-refractivity contribution is 5.88. The highest BCUT2D eigenvalue weighted by Crippen LogP contribution is 2.27. The molecule has 1 aromatic heterocycles. The molecule has 0 fully saturated rings. The first-order valence-electron chi connectivity index (χ1n) is 8.13. The van der Waals surface area contributed by atoms with Gasteiger partial charge in [-0.2, -0.15) is 0 Å². The Labute approximate surface area is 146 Å². The smallest absolute Gasteiger partial charge is 0.360 e. The second kappa shape index (κ2) is 7.66. The lowest BCUT2D eigenvalue weighted by atomic mass is 10.1. The molecule has 0 amide bonds. The number of rotatable bonds is 6. The maximum atomic E-state index is 11.7. The summed E-state index contributed by atoms with van der Waals surface area (Å²) in [5, 5.41) is 3.76. The van der Waals surface area contributed by atoms with Crippen LogP contribution in [0.15, 0.2) is 65.2 Å². The normalized spacial score (nSPS) is 11.8. The fourth-order valence-corrected chi connectivity index (χ4v) is 2.43. The van der Waals surface area contributed by atoms with Crippen molar-refractivity contribution < 1.29 is 18.8 Å². The first-order chi connectivity index (χ1) is 12.2. The first-order valence-corrected chi connectivity index (χ1v) is 8.13. The molecule has 3 rings (SSSR count). The number of esters is 1. The van der Waals surface area contributed by atoms with Crippen LogP contribution >= 0.6 is 0 Å². The van der Waals surface area contributed by atoms with Crippen LogP contribution < -0.4 is 4.74 Å². The Morgan fingerprint density at radius 1 is 1.12 bits per heavy atom. The highest BCUT2D eigenvalue weighted by Gasteiger charge is 2.15. The number of hydrogen-bond acceptors (Lipinski definition) is 5. The van der Waals surface area contributed by atoms with E-state index in [0.717, 1.165) is 11.1 Å². The van der Waals surface area contributed by atoms with Crippen LogP contribution in [0.25, 0.3) is 11.3 Å². The number of benzene rings is 2. The monoisotopic (exact) mass is 337 g/mol. The topological polar surface area (TPSA) is 61.6 Å². The van der Waals surface area contributed by atoms with Gasteiger partial charge in [0, 0.05) is 11.6 Å². The molecule has 0 saturated carbocycles. The van der Waals surface area contributed by atoms with E-state index in [4.69, 9.17) is 14.0 Å². The standard InChI is InChI=1S/C20H19NO4/c1-3-23-20(22)18-13-19(25-21-18)16-10-7-11-17(12-16)24-14(2)15-8-5-4-6-9-15/h4-14H,3H2,1-2H3. The molecule has 25 heavy (non-hydrogen) atoms. The van der Waals surface area contributed by atoms with Gasteiger partial charge in [-0.3, -0.25) is 0 Å². The van der Waals surface area contributed by atoms with Gasteiger partial charge in [0.1, 0.15) is 11.9 Å². The minimum absolute atomic E-state index is 0.0822. The van der Waals surface area contributed by atoms with Gasteiger partial charge in [-0.15, -0.1) is 0 Å². The molecule has 5 nitrogen and oxygen atoms in total. The van der Waals surface area contributed by atoms with Gasteiger partial charge in [0.15, 0.2) is 11.5 Å². The van der Waals surface area contributed by atoms with E-state index in [1.54, 1.807) is 13.0 Å². The lowest BCUT2D eigenvalue weighted by molar-refractivity contribution is 0.0514. The van der Waals surface area contributed by atoms with Crippen LogP contribution in [0.5, 0.6) is 5.75 Å². The number of carbonyl (C=O) groups is 1. The summed E-state index contributed by atoms with van der Waals surface area (Å²) in [6, 6.07) is 19.0. The van der Waals surface area contributed by atoms with E-state index in [2.05, 4.69) is 5.16 Å². The van der Waals surface area contributed by atoms with Crippen molar-refractivity contribution in [2.24, 2.45) is 0 Å². The van der Waals surface area contributed by atoms with Crippen molar-refractivity contribution in [3.8, 4) is 17.1 Å². The Morgan fingerprint density at radius 2 is 1.92 bits per heavy atom. The zero-order chi connectivity index (χ0) is 17.6. The molecule has 128 valence electrons. The third-order valence-corrected chi connectivity index (χ3v) is 3.70. The summed E-state index contributed by atoms with van der Waals surface area (Å²) in [5.41, 5.74) is 2.03. The summed E-state index contributed by atoms with van der Waals surface area (Å²) in [5.74, 6) is 0.700. The van der Waals surface area contributed by atoms with Gasteiger partial charge in [-0.05, 0) is 31.5 Å². The van der Waals surface area contributed by atoms with E-state index in [0.29, 0.717) is 18.1 Å². The van der Waals surface area contributed by atoms with Crippen molar-refractivity contribution in [2.45, 2.75) is 20.0 Å². The second-order valence-corrected chi connectivity index (χ2v) is 5.50. The lowest BCUT2D eigenvalue weighted by Gasteiger charge is -2.15. The molecule has 2 aromatic carbocycles. The van der Waals surface area contributed by atoms with Crippen molar-refractivity contribution in [3.63, 3.8) is 0 Å². The molecular formula is C20H19NO4. The number of hydrogen-bond donors (Lipinski definition) is 0. The predicted molar refractivity (Wildman–Crippen MR) is 93.4 cm³/mol. The van der Waals surface area contributed by atoms with Crippen LogP contribution in [0.3, 0.4) is 0 Å². The van der Waals surface area contributed by atoms with Gasteiger partial charge >= 0.3 is 5.97 Å². The molecule has 1 heterocycles. The van der Waals surface area contributed by atoms with Gasteiger partial charge < -0.3 is 14.0 Å². The molecule has 0 aliphatic heterocycles. The molecule has 5 heteroatoms. The number of ether oxygens (including phenoxy) is 2. The van der Waals surface area contributed by atoms with Crippen molar-refractivity contribution in [1.82, 2.24) is 5.16 Å². The van der Waals surface area contributed by atoms with Gasteiger partial charge in [-0.1, -0.05) is 47.6 Å². The van der Waals surface area contributed by atoms with Gasteiger partial charge in [-0.25, -0.2) is 4.79 Å². The van der Waals surface area contributed by atoms with Crippen LogP contribution in [0.1, 0.15) is 36.0 Å². The van der Waals surface area contributed by atoms with Crippen molar-refractivity contribution in [3.05, 3.63) is 71.9 Å². The molecule has 0 radical (unpaired) electrons. The van der Waals surface area contributed by atoms with E-state index in [1.165, 1.54) is 0 Å². The molecule has 0 aliphatic rings. The fourth-order valence-electron chi connectivity index (χ4n) is 2.43. The third kappa shape index (κ3) is 4.07. The Bertz CT molecular complexity index is 842. The van der Waals surface area contributed by atoms with E-state index in [9.17, 15) is 4.79 Å². The Morgan fingerprint density at radius 3 is 2.68 bits per heavy atom. The molecular weight excluding hydrogens is 318 g/mol. The largest absolute Gasteiger partial charge is 0.486 e. The SMILES string of the molecule is CCOC(=O)c1cc(-c2cccc(OC(C)c3ccccc3)c2)on1. The number of aromatic nitrogens is 1. The maximum absolute atomic E-state index is 11.7. The van der Waals surface area contributed by atoms with Gasteiger partial charge in [0.25, 0.3) is 0 Å². The summed E-state index contributed by atoms with van der Waals surface area (Å²) >= 11 is 0. The zero-order valence-electron chi connectivity index (χ0n) is 14.1. The van der Waals surface area contributed by atoms with Crippen molar-refractivity contribution in [1.29, 1.82) is 0 Å². The molecule has 1 atom stereocenters. The van der Waals surface area contributed by atoms with Gasteiger partial charge in [0.05, 0.1) is 6.61 Å². The Balaban J connectivity index is 1.77. The van der Waals surface area contributed by atoms with Crippen molar-refractivity contribution in [2.75, 3.05) is 6.61 Å². The number of carbonyl (C=O) groups excluding carboxylic acids is 1. The highest BCUT2D eigenvalue weighted by atomic mass is 16.5. The maximum Gasteiger partial charge on any atom is 0.360 e. The average Bonchev–Trinajstić information content (AvgIpc) is 3.13. The quantitative estimate of drug-likeness (QED) is 0.612. The second-order valence-electron chi connectivity index (χ2n) is 5.50. The molecule has 0 spiro atoms. The van der Waals surface area contributed by atoms with Crippen LogP contribution in [0, 0.1) is 0 Å². The molecule has 0 saturated heterocycles.